The molecule has 1 aliphatic carbocycles. The van der Waals surface area contributed by atoms with Crippen molar-refractivity contribution in [2.75, 3.05) is 26.7 Å². The summed E-state index contributed by atoms with van der Waals surface area (Å²) in [7, 11) is 1.76. The van der Waals surface area contributed by atoms with Gasteiger partial charge in [-0.05, 0) is 40.0 Å². The van der Waals surface area contributed by atoms with E-state index in [4.69, 9.17) is 4.74 Å². The second-order valence-electron chi connectivity index (χ2n) is 4.85. The second kappa shape index (κ2) is 6.36. The number of carbonyl (C=O) groups is 1. The molecular weight excluding hydrogens is 216 g/mol. The van der Waals surface area contributed by atoms with Gasteiger partial charge in [0.05, 0.1) is 11.6 Å². The van der Waals surface area contributed by atoms with Gasteiger partial charge >= 0.3 is 0 Å². The van der Waals surface area contributed by atoms with Gasteiger partial charge in [0, 0.05) is 26.7 Å². The van der Waals surface area contributed by atoms with Crippen LogP contribution in [0.4, 0.5) is 0 Å². The highest BCUT2D eigenvalue weighted by molar-refractivity contribution is 5.81. The van der Waals surface area contributed by atoms with E-state index in [9.17, 15) is 4.79 Å². The van der Waals surface area contributed by atoms with Crippen molar-refractivity contribution in [3.05, 3.63) is 0 Å². The molecule has 0 aromatic carbocycles. The molecule has 1 amide bonds. The lowest BCUT2D eigenvalue weighted by molar-refractivity contribution is -0.133. The lowest BCUT2D eigenvalue weighted by atomic mass is 9.80. The van der Waals surface area contributed by atoms with Crippen LogP contribution in [0.3, 0.4) is 0 Å². The molecule has 0 aliphatic heterocycles. The maximum Gasteiger partial charge on any atom is 0.239 e. The summed E-state index contributed by atoms with van der Waals surface area (Å²) in [6.45, 7) is 8.28. The van der Waals surface area contributed by atoms with Gasteiger partial charge in [0.15, 0.2) is 0 Å². The molecule has 1 unspecified atom stereocenters. The zero-order chi connectivity index (χ0) is 12.9. The molecule has 0 spiro atoms. The maximum absolute atomic E-state index is 12.0. The van der Waals surface area contributed by atoms with E-state index in [1.807, 2.05) is 25.7 Å². The molecular formula is C13H26N2O2. The van der Waals surface area contributed by atoms with Crippen molar-refractivity contribution in [3.8, 4) is 0 Å². The summed E-state index contributed by atoms with van der Waals surface area (Å²) in [6.07, 6.45) is 3.43. The van der Waals surface area contributed by atoms with Crippen LogP contribution in [0.2, 0.25) is 0 Å². The topological polar surface area (TPSA) is 41.6 Å². The fourth-order valence-corrected chi connectivity index (χ4v) is 2.26. The lowest BCUT2D eigenvalue weighted by Gasteiger charge is -2.41. The predicted molar refractivity (Wildman–Crippen MR) is 69.0 cm³/mol. The summed E-state index contributed by atoms with van der Waals surface area (Å²) in [5.74, 6) is 0.181. The number of methoxy groups -OCH3 is 1. The van der Waals surface area contributed by atoms with E-state index in [0.29, 0.717) is 0 Å². The van der Waals surface area contributed by atoms with E-state index < -0.39 is 0 Å². The first-order valence-electron chi connectivity index (χ1n) is 6.66. The van der Waals surface area contributed by atoms with Crippen molar-refractivity contribution >= 4 is 5.91 Å². The molecule has 1 rings (SSSR count). The average molecular weight is 242 g/mol. The molecule has 0 heterocycles. The fourth-order valence-electron chi connectivity index (χ4n) is 2.26. The van der Waals surface area contributed by atoms with E-state index in [2.05, 4.69) is 5.32 Å². The Morgan fingerprint density at radius 2 is 2.00 bits per heavy atom. The first-order valence-corrected chi connectivity index (χ1v) is 6.66. The van der Waals surface area contributed by atoms with E-state index >= 15 is 0 Å². The van der Waals surface area contributed by atoms with Crippen LogP contribution in [0.25, 0.3) is 0 Å². The van der Waals surface area contributed by atoms with Crippen molar-refractivity contribution in [1.82, 2.24) is 10.2 Å². The summed E-state index contributed by atoms with van der Waals surface area (Å²) in [5.41, 5.74) is -0.0161. The number of likely N-dealkylation sites (N-methyl/N-ethyl adjacent to an activating group) is 1. The van der Waals surface area contributed by atoms with Crippen molar-refractivity contribution in [1.29, 1.82) is 0 Å². The number of hydrogen-bond acceptors (Lipinski definition) is 3. The van der Waals surface area contributed by atoms with Gasteiger partial charge in [0.2, 0.25) is 5.91 Å². The van der Waals surface area contributed by atoms with Gasteiger partial charge in [0.1, 0.15) is 0 Å². The maximum atomic E-state index is 12.0. The van der Waals surface area contributed by atoms with Crippen LogP contribution < -0.4 is 5.32 Å². The molecule has 1 saturated carbocycles. The monoisotopic (exact) mass is 242 g/mol. The lowest BCUT2D eigenvalue weighted by Crippen LogP contribution is -2.53. The predicted octanol–water partition coefficient (Wildman–Crippen LogP) is 1.40. The van der Waals surface area contributed by atoms with Crippen LogP contribution >= 0.6 is 0 Å². The minimum Gasteiger partial charge on any atom is -0.377 e. The Bertz CT molecular complexity index is 242. The molecule has 0 aromatic heterocycles. The molecule has 1 N–H and O–H groups in total. The molecule has 1 atom stereocenters. The Morgan fingerprint density at radius 1 is 1.41 bits per heavy atom. The molecule has 1 fully saturated rings. The van der Waals surface area contributed by atoms with Crippen LogP contribution in [-0.4, -0.2) is 49.2 Å². The fraction of sp³-hybridized carbons (Fsp3) is 0.923. The Morgan fingerprint density at radius 3 is 2.35 bits per heavy atom. The number of carbonyl (C=O) groups excluding carboxylic acids is 1. The summed E-state index contributed by atoms with van der Waals surface area (Å²) < 4.78 is 5.53. The number of rotatable bonds is 7. The molecule has 4 nitrogen and oxygen atoms in total. The standard InChI is InChI=1S/C13H26N2O2/c1-5-15(6-2)12(16)11(3)14-10-13(17-4)8-7-9-13/h11,14H,5-10H2,1-4H3. The van der Waals surface area contributed by atoms with Crippen LogP contribution in [0.1, 0.15) is 40.0 Å². The number of amides is 1. The third-order valence-corrected chi connectivity index (χ3v) is 3.87. The number of ether oxygens (including phenoxy) is 1. The van der Waals surface area contributed by atoms with Gasteiger partial charge in [-0.1, -0.05) is 0 Å². The van der Waals surface area contributed by atoms with E-state index in [0.717, 1.165) is 32.5 Å². The molecule has 17 heavy (non-hydrogen) atoms. The number of hydrogen-bond donors (Lipinski definition) is 1. The smallest absolute Gasteiger partial charge is 0.239 e. The summed E-state index contributed by atoms with van der Waals surface area (Å²) in [5, 5.41) is 3.31. The van der Waals surface area contributed by atoms with Crippen LogP contribution in [0.5, 0.6) is 0 Å². The summed E-state index contributed by atoms with van der Waals surface area (Å²) >= 11 is 0. The average Bonchev–Trinajstić information content (AvgIpc) is 2.29. The Balaban J connectivity index is 2.38. The first kappa shape index (κ1) is 14.5. The number of nitrogens with zero attached hydrogens (tertiary/aromatic N) is 1. The third-order valence-electron chi connectivity index (χ3n) is 3.87. The van der Waals surface area contributed by atoms with E-state index in [1.165, 1.54) is 6.42 Å². The Labute approximate surface area is 105 Å². The van der Waals surface area contributed by atoms with Gasteiger partial charge in [-0.3, -0.25) is 4.79 Å². The zero-order valence-corrected chi connectivity index (χ0v) is 11.6. The normalized spacial score (nSPS) is 19.5. The molecule has 0 bridgehead atoms. The van der Waals surface area contributed by atoms with Crippen molar-refractivity contribution in [2.24, 2.45) is 0 Å². The van der Waals surface area contributed by atoms with E-state index in [1.54, 1.807) is 7.11 Å². The second-order valence-corrected chi connectivity index (χ2v) is 4.85. The number of nitrogens with one attached hydrogen (secondary N) is 1. The highest BCUT2D eigenvalue weighted by Gasteiger charge is 2.37. The Kier molecular flexibility index (Phi) is 5.40. The highest BCUT2D eigenvalue weighted by atomic mass is 16.5. The van der Waals surface area contributed by atoms with Gasteiger partial charge in [-0.25, -0.2) is 0 Å². The van der Waals surface area contributed by atoms with Crippen molar-refractivity contribution in [2.45, 2.75) is 51.7 Å². The van der Waals surface area contributed by atoms with Crippen molar-refractivity contribution < 1.29 is 9.53 Å². The summed E-state index contributed by atoms with van der Waals surface area (Å²) in [4.78, 5) is 13.9. The first-order chi connectivity index (χ1) is 8.08. The zero-order valence-electron chi connectivity index (χ0n) is 11.6. The Hall–Kier alpha value is -0.610. The van der Waals surface area contributed by atoms with Gasteiger partial charge in [-0.2, -0.15) is 0 Å². The summed E-state index contributed by atoms with van der Waals surface area (Å²) in [6, 6.07) is -0.123. The van der Waals surface area contributed by atoms with Gasteiger partial charge in [-0.15, -0.1) is 0 Å². The van der Waals surface area contributed by atoms with Gasteiger partial charge in [0.25, 0.3) is 0 Å². The van der Waals surface area contributed by atoms with E-state index in [-0.39, 0.29) is 17.6 Å². The molecule has 0 saturated heterocycles. The van der Waals surface area contributed by atoms with Crippen LogP contribution in [0.15, 0.2) is 0 Å². The SMILES string of the molecule is CCN(CC)C(=O)C(C)NCC1(OC)CCC1. The molecule has 1 aliphatic rings. The quantitative estimate of drug-likeness (QED) is 0.734. The van der Waals surface area contributed by atoms with Crippen LogP contribution in [0, 0.1) is 0 Å². The highest BCUT2D eigenvalue weighted by Crippen LogP contribution is 2.34. The molecule has 100 valence electrons. The molecule has 4 heteroatoms. The minimum atomic E-state index is -0.123. The third kappa shape index (κ3) is 3.42. The molecule has 0 aromatic rings. The van der Waals surface area contributed by atoms with Gasteiger partial charge < -0.3 is 15.0 Å². The van der Waals surface area contributed by atoms with Crippen LogP contribution in [-0.2, 0) is 9.53 Å². The van der Waals surface area contributed by atoms with Crippen molar-refractivity contribution in [3.63, 3.8) is 0 Å². The largest absolute Gasteiger partial charge is 0.377 e. The molecule has 0 radical (unpaired) electrons. The minimum absolute atomic E-state index is 0.0161.